The largest absolute Gasteiger partial charge is 0.485 e. The summed E-state index contributed by atoms with van der Waals surface area (Å²) >= 11 is 0. The summed E-state index contributed by atoms with van der Waals surface area (Å²) in [5, 5.41) is 12.9. The smallest absolute Gasteiger partial charge is 0.264 e. The van der Waals surface area contributed by atoms with Gasteiger partial charge in [0.15, 0.2) is 11.5 Å². The predicted molar refractivity (Wildman–Crippen MR) is 105 cm³/mol. The molecule has 0 bridgehead atoms. The van der Waals surface area contributed by atoms with E-state index in [0.29, 0.717) is 11.5 Å². The molecule has 3 atom stereocenters. The second-order valence-electron chi connectivity index (χ2n) is 7.43. The fourth-order valence-electron chi connectivity index (χ4n) is 3.89. The molecule has 2 heterocycles. The Morgan fingerprint density at radius 2 is 1.86 bits per heavy atom. The van der Waals surface area contributed by atoms with Crippen LogP contribution in [-0.4, -0.2) is 54.4 Å². The van der Waals surface area contributed by atoms with E-state index in [1.165, 1.54) is 5.56 Å². The summed E-state index contributed by atoms with van der Waals surface area (Å²) in [6, 6.07) is 17.6. The standard InChI is InChI=1S/C22H26N2O4/c25-14-17-13-24(12-16-6-2-1-3-7-16)11-10-18(17)23-22(26)21-15-27-19-8-4-5-9-20(19)28-21/h1-9,17-18,21,25H,10-15H2,(H,23,26)/t17-,18-,21+/m1/s1. The number of amides is 1. The topological polar surface area (TPSA) is 71.0 Å². The predicted octanol–water partition coefficient (Wildman–Crippen LogP) is 1.83. The van der Waals surface area contributed by atoms with E-state index in [0.717, 1.165) is 26.1 Å². The number of nitrogens with one attached hydrogen (secondary N) is 1. The van der Waals surface area contributed by atoms with Crippen molar-refractivity contribution in [2.24, 2.45) is 5.92 Å². The number of rotatable bonds is 5. The van der Waals surface area contributed by atoms with Crippen molar-refractivity contribution in [1.82, 2.24) is 10.2 Å². The summed E-state index contributed by atoms with van der Waals surface area (Å²) in [6.07, 6.45) is 0.130. The van der Waals surface area contributed by atoms with Crippen LogP contribution >= 0.6 is 0 Å². The maximum atomic E-state index is 12.7. The van der Waals surface area contributed by atoms with Crippen LogP contribution in [0.15, 0.2) is 54.6 Å². The molecule has 4 rings (SSSR count). The summed E-state index contributed by atoms with van der Waals surface area (Å²) in [4.78, 5) is 15.0. The van der Waals surface area contributed by atoms with Crippen molar-refractivity contribution < 1.29 is 19.4 Å². The van der Waals surface area contributed by atoms with E-state index >= 15 is 0 Å². The van der Waals surface area contributed by atoms with Crippen LogP contribution in [-0.2, 0) is 11.3 Å². The summed E-state index contributed by atoms with van der Waals surface area (Å²) < 4.78 is 11.4. The van der Waals surface area contributed by atoms with Gasteiger partial charge in [-0.15, -0.1) is 0 Å². The third-order valence-electron chi connectivity index (χ3n) is 5.43. The molecule has 2 aliphatic rings. The number of nitrogens with zero attached hydrogens (tertiary/aromatic N) is 1. The highest BCUT2D eigenvalue weighted by molar-refractivity contribution is 5.82. The summed E-state index contributed by atoms with van der Waals surface area (Å²) in [5.41, 5.74) is 1.26. The first kappa shape index (κ1) is 18.8. The molecule has 2 N–H and O–H groups in total. The van der Waals surface area contributed by atoms with Crippen molar-refractivity contribution in [2.75, 3.05) is 26.3 Å². The molecule has 1 amide bonds. The molecule has 0 spiro atoms. The van der Waals surface area contributed by atoms with Crippen LogP contribution in [0.1, 0.15) is 12.0 Å². The number of hydrogen-bond donors (Lipinski definition) is 2. The molecular formula is C22H26N2O4. The first-order chi connectivity index (χ1) is 13.7. The quantitative estimate of drug-likeness (QED) is 0.826. The van der Waals surface area contributed by atoms with Gasteiger partial charge in [0.25, 0.3) is 5.91 Å². The first-order valence-corrected chi connectivity index (χ1v) is 9.79. The number of ether oxygens (including phenoxy) is 2. The molecule has 2 aliphatic heterocycles. The molecule has 2 aromatic carbocycles. The van der Waals surface area contributed by atoms with E-state index in [2.05, 4.69) is 22.3 Å². The third kappa shape index (κ3) is 4.29. The molecule has 6 nitrogen and oxygen atoms in total. The molecule has 1 saturated heterocycles. The van der Waals surface area contributed by atoms with E-state index < -0.39 is 6.10 Å². The van der Waals surface area contributed by atoms with Crippen LogP contribution in [0.4, 0.5) is 0 Å². The fourth-order valence-corrected chi connectivity index (χ4v) is 3.89. The van der Waals surface area contributed by atoms with Crippen molar-refractivity contribution in [3.05, 3.63) is 60.2 Å². The molecule has 0 aliphatic carbocycles. The van der Waals surface area contributed by atoms with E-state index in [-0.39, 0.29) is 31.1 Å². The number of aliphatic hydroxyl groups is 1. The summed E-state index contributed by atoms with van der Waals surface area (Å²) in [6.45, 7) is 2.72. The lowest BCUT2D eigenvalue weighted by atomic mass is 9.92. The van der Waals surface area contributed by atoms with Gasteiger partial charge in [0, 0.05) is 38.2 Å². The second kappa shape index (κ2) is 8.63. The van der Waals surface area contributed by atoms with Gasteiger partial charge in [0.1, 0.15) is 6.61 Å². The number of para-hydroxylation sites is 2. The normalized spacial score (nSPS) is 24.5. The minimum atomic E-state index is -0.670. The Kier molecular flexibility index (Phi) is 5.78. The Morgan fingerprint density at radius 1 is 1.11 bits per heavy atom. The van der Waals surface area contributed by atoms with Crippen LogP contribution in [0, 0.1) is 5.92 Å². The maximum Gasteiger partial charge on any atom is 0.264 e. The lowest BCUT2D eigenvalue weighted by Gasteiger charge is -2.39. The lowest BCUT2D eigenvalue weighted by molar-refractivity contribution is -0.132. The lowest BCUT2D eigenvalue weighted by Crippen LogP contribution is -2.55. The zero-order valence-corrected chi connectivity index (χ0v) is 15.8. The van der Waals surface area contributed by atoms with Crippen molar-refractivity contribution in [3.63, 3.8) is 0 Å². The molecule has 148 valence electrons. The maximum absolute atomic E-state index is 12.7. The van der Waals surface area contributed by atoms with Crippen LogP contribution in [0.3, 0.4) is 0 Å². The number of carbonyl (C=O) groups excluding carboxylic acids is 1. The number of carbonyl (C=O) groups is 1. The number of benzene rings is 2. The second-order valence-corrected chi connectivity index (χ2v) is 7.43. The highest BCUT2D eigenvalue weighted by atomic mass is 16.6. The van der Waals surface area contributed by atoms with Crippen LogP contribution in [0.25, 0.3) is 0 Å². The molecule has 0 unspecified atom stereocenters. The number of hydrogen-bond acceptors (Lipinski definition) is 5. The summed E-state index contributed by atoms with van der Waals surface area (Å²) in [7, 11) is 0. The molecule has 2 aromatic rings. The van der Waals surface area contributed by atoms with Crippen LogP contribution < -0.4 is 14.8 Å². The Balaban J connectivity index is 1.33. The molecule has 6 heteroatoms. The average molecular weight is 382 g/mol. The average Bonchev–Trinajstić information content (AvgIpc) is 2.75. The van der Waals surface area contributed by atoms with Gasteiger partial charge < -0.3 is 19.9 Å². The van der Waals surface area contributed by atoms with E-state index in [4.69, 9.17) is 9.47 Å². The molecule has 0 saturated carbocycles. The van der Waals surface area contributed by atoms with Gasteiger partial charge in [-0.1, -0.05) is 42.5 Å². The van der Waals surface area contributed by atoms with Crippen molar-refractivity contribution in [1.29, 1.82) is 0 Å². The van der Waals surface area contributed by atoms with Crippen LogP contribution in [0.5, 0.6) is 11.5 Å². The minimum absolute atomic E-state index is 0.00166. The highest BCUT2D eigenvalue weighted by Gasteiger charge is 2.34. The Bertz CT molecular complexity index is 798. The Labute approximate surface area is 165 Å². The van der Waals surface area contributed by atoms with Gasteiger partial charge in [-0.3, -0.25) is 9.69 Å². The van der Waals surface area contributed by atoms with Gasteiger partial charge >= 0.3 is 0 Å². The number of piperidine rings is 1. The molecule has 0 radical (unpaired) electrons. The Morgan fingerprint density at radius 3 is 2.64 bits per heavy atom. The number of likely N-dealkylation sites (tertiary alicyclic amines) is 1. The van der Waals surface area contributed by atoms with E-state index in [9.17, 15) is 9.90 Å². The fraction of sp³-hybridized carbons (Fsp3) is 0.409. The Hall–Kier alpha value is -2.57. The molecule has 0 aromatic heterocycles. The van der Waals surface area contributed by atoms with Crippen molar-refractivity contribution >= 4 is 5.91 Å². The van der Waals surface area contributed by atoms with E-state index in [1.54, 1.807) is 6.07 Å². The molecular weight excluding hydrogens is 356 g/mol. The van der Waals surface area contributed by atoms with Gasteiger partial charge in [0.05, 0.1) is 0 Å². The van der Waals surface area contributed by atoms with Crippen molar-refractivity contribution in [2.45, 2.75) is 25.1 Å². The SMILES string of the molecule is O=C(N[C@@H]1CCN(Cc2ccccc2)C[C@@H]1CO)[C@@H]1COc2ccccc2O1. The zero-order chi connectivity index (χ0) is 19.3. The van der Waals surface area contributed by atoms with Gasteiger partial charge in [-0.25, -0.2) is 0 Å². The third-order valence-corrected chi connectivity index (χ3v) is 5.43. The monoisotopic (exact) mass is 382 g/mol. The van der Waals surface area contributed by atoms with E-state index in [1.807, 2.05) is 36.4 Å². The highest BCUT2D eigenvalue weighted by Crippen LogP contribution is 2.31. The van der Waals surface area contributed by atoms with Gasteiger partial charge in [-0.05, 0) is 24.1 Å². The van der Waals surface area contributed by atoms with Crippen LogP contribution in [0.2, 0.25) is 0 Å². The van der Waals surface area contributed by atoms with Crippen molar-refractivity contribution in [3.8, 4) is 11.5 Å². The number of aliphatic hydroxyl groups excluding tert-OH is 1. The van der Waals surface area contributed by atoms with Gasteiger partial charge in [-0.2, -0.15) is 0 Å². The van der Waals surface area contributed by atoms with Gasteiger partial charge in [0.2, 0.25) is 6.10 Å². The number of fused-ring (bicyclic) bond motifs is 1. The summed E-state index contributed by atoms with van der Waals surface area (Å²) in [5.74, 6) is 1.06. The first-order valence-electron chi connectivity index (χ1n) is 9.79. The minimum Gasteiger partial charge on any atom is -0.485 e. The molecule has 28 heavy (non-hydrogen) atoms. The molecule has 1 fully saturated rings. The zero-order valence-electron chi connectivity index (χ0n) is 15.8.